The largest absolute Gasteiger partial charge is 0.335 e. The second kappa shape index (κ2) is 8.18. The third kappa shape index (κ3) is 4.24. The Balaban J connectivity index is 1.67. The van der Waals surface area contributed by atoms with E-state index in [9.17, 15) is 8.42 Å². The zero-order valence-corrected chi connectivity index (χ0v) is 16.2. The highest BCUT2D eigenvalue weighted by Gasteiger charge is 2.29. The molecule has 1 aliphatic rings. The molecule has 0 aliphatic carbocycles. The van der Waals surface area contributed by atoms with Crippen molar-refractivity contribution in [3.8, 4) is 6.07 Å². The number of piperazine rings is 1. The molecule has 1 saturated heterocycles. The number of nitrogens with one attached hydrogen (secondary N) is 1. The summed E-state index contributed by atoms with van der Waals surface area (Å²) in [4.78, 5) is 5.88. The van der Waals surface area contributed by atoms with Crippen molar-refractivity contribution in [2.24, 2.45) is 0 Å². The van der Waals surface area contributed by atoms with Gasteiger partial charge in [0.2, 0.25) is 10.0 Å². The summed E-state index contributed by atoms with van der Waals surface area (Å²) in [6, 6.07) is 13.0. The molecule has 0 atom stereocenters. The summed E-state index contributed by atoms with van der Waals surface area (Å²) < 4.78 is 26.9. The van der Waals surface area contributed by atoms with E-state index < -0.39 is 10.0 Å². The van der Waals surface area contributed by atoms with Gasteiger partial charge < -0.3 is 4.90 Å². The highest BCUT2D eigenvalue weighted by molar-refractivity contribution is 7.98. The molecule has 1 aromatic carbocycles. The van der Waals surface area contributed by atoms with Gasteiger partial charge in [0.15, 0.2) is 0 Å². The first kappa shape index (κ1) is 18.9. The SMILES string of the molecule is C[NH+]1CCN(S(=O)(=O)c2ccc(SCc3ccccc3C#N)nc2)CC1. The fourth-order valence-corrected chi connectivity index (χ4v) is 5.00. The molecule has 8 heteroatoms. The second-order valence-electron chi connectivity index (χ2n) is 6.25. The minimum Gasteiger partial charge on any atom is -0.335 e. The lowest BCUT2D eigenvalue weighted by atomic mass is 10.1. The third-order valence-electron chi connectivity index (χ3n) is 4.44. The van der Waals surface area contributed by atoms with Crippen molar-refractivity contribution in [3.63, 3.8) is 0 Å². The summed E-state index contributed by atoms with van der Waals surface area (Å²) in [5.74, 6) is 0.615. The van der Waals surface area contributed by atoms with Crippen LogP contribution in [0.3, 0.4) is 0 Å². The predicted octanol–water partition coefficient (Wildman–Crippen LogP) is 0.765. The van der Waals surface area contributed by atoms with Crippen molar-refractivity contribution >= 4 is 21.8 Å². The lowest BCUT2D eigenvalue weighted by molar-refractivity contribution is -0.883. The highest BCUT2D eigenvalue weighted by Crippen LogP contribution is 2.24. The van der Waals surface area contributed by atoms with Crippen LogP contribution in [0.5, 0.6) is 0 Å². The molecular formula is C18H21N4O2S2+. The number of hydrogen-bond donors (Lipinski definition) is 1. The number of pyridine rings is 1. The Morgan fingerprint density at radius 3 is 2.62 bits per heavy atom. The number of quaternary nitrogens is 1. The minimum atomic E-state index is -3.47. The maximum Gasteiger partial charge on any atom is 0.245 e. The van der Waals surface area contributed by atoms with Gasteiger partial charge in [-0.05, 0) is 23.8 Å². The quantitative estimate of drug-likeness (QED) is 0.764. The van der Waals surface area contributed by atoms with Crippen LogP contribution in [0.15, 0.2) is 52.5 Å². The Bertz CT molecular complexity index is 900. The van der Waals surface area contributed by atoms with Gasteiger partial charge in [-0.15, -0.1) is 11.8 Å². The lowest BCUT2D eigenvalue weighted by Gasteiger charge is -2.29. The fraction of sp³-hybridized carbons (Fsp3) is 0.333. The molecule has 0 unspecified atom stereocenters. The molecule has 0 spiro atoms. The predicted molar refractivity (Wildman–Crippen MR) is 100 cm³/mol. The summed E-state index contributed by atoms with van der Waals surface area (Å²) in [5, 5.41) is 9.87. The summed E-state index contributed by atoms with van der Waals surface area (Å²) in [7, 11) is -1.40. The van der Waals surface area contributed by atoms with Gasteiger partial charge >= 0.3 is 0 Å². The third-order valence-corrected chi connectivity index (χ3v) is 7.31. The Labute approximate surface area is 158 Å². The number of hydrogen-bond acceptors (Lipinski definition) is 5. The van der Waals surface area contributed by atoms with Crippen molar-refractivity contribution in [1.29, 1.82) is 5.26 Å². The van der Waals surface area contributed by atoms with Crippen LogP contribution in [0.2, 0.25) is 0 Å². The van der Waals surface area contributed by atoms with Gasteiger partial charge in [0.25, 0.3) is 0 Å². The number of benzene rings is 1. The van der Waals surface area contributed by atoms with Crippen LogP contribution in [0.4, 0.5) is 0 Å². The summed E-state index contributed by atoms with van der Waals surface area (Å²) in [5.41, 5.74) is 1.59. The molecule has 1 fully saturated rings. The van der Waals surface area contributed by atoms with Crippen LogP contribution in [0.1, 0.15) is 11.1 Å². The van der Waals surface area contributed by atoms with E-state index in [1.165, 1.54) is 27.2 Å². The fourth-order valence-electron chi connectivity index (χ4n) is 2.77. The molecule has 1 N–H and O–H groups in total. The first-order valence-electron chi connectivity index (χ1n) is 8.39. The molecule has 2 aromatic rings. The van der Waals surface area contributed by atoms with E-state index in [1.54, 1.807) is 18.2 Å². The highest BCUT2D eigenvalue weighted by atomic mass is 32.2. The van der Waals surface area contributed by atoms with Crippen molar-refractivity contribution in [3.05, 3.63) is 53.7 Å². The van der Waals surface area contributed by atoms with Crippen molar-refractivity contribution in [1.82, 2.24) is 9.29 Å². The van der Waals surface area contributed by atoms with E-state index in [0.29, 0.717) is 24.4 Å². The second-order valence-corrected chi connectivity index (χ2v) is 9.18. The molecule has 1 aromatic heterocycles. The summed E-state index contributed by atoms with van der Waals surface area (Å²) >= 11 is 1.48. The van der Waals surface area contributed by atoms with E-state index in [4.69, 9.17) is 5.26 Å². The Hall–Kier alpha value is -1.92. The van der Waals surface area contributed by atoms with Crippen LogP contribution >= 0.6 is 11.8 Å². The molecule has 26 heavy (non-hydrogen) atoms. The van der Waals surface area contributed by atoms with Gasteiger partial charge in [-0.3, -0.25) is 0 Å². The van der Waals surface area contributed by atoms with Crippen LogP contribution in [-0.2, 0) is 15.8 Å². The zero-order valence-electron chi connectivity index (χ0n) is 14.6. The van der Waals surface area contributed by atoms with Crippen molar-refractivity contribution in [2.75, 3.05) is 33.2 Å². The minimum absolute atomic E-state index is 0.235. The van der Waals surface area contributed by atoms with Gasteiger partial charge in [0, 0.05) is 11.9 Å². The standard InChI is InChI=1S/C18H20N4O2S2/c1-21-8-10-22(11-9-21)26(23,24)17-6-7-18(20-13-17)25-14-16-5-3-2-4-15(16)12-19/h2-7,13H,8-11,14H2,1H3/p+1. The monoisotopic (exact) mass is 389 g/mol. The first-order chi connectivity index (χ1) is 12.5. The topological polar surface area (TPSA) is 78.5 Å². The maximum atomic E-state index is 12.7. The molecule has 136 valence electrons. The van der Waals surface area contributed by atoms with Gasteiger partial charge in [0.05, 0.1) is 49.9 Å². The average molecular weight is 390 g/mol. The van der Waals surface area contributed by atoms with Crippen LogP contribution < -0.4 is 4.90 Å². The molecule has 3 rings (SSSR count). The van der Waals surface area contributed by atoms with E-state index in [-0.39, 0.29) is 4.90 Å². The van der Waals surface area contributed by atoms with Gasteiger partial charge in [0.1, 0.15) is 4.90 Å². The van der Waals surface area contributed by atoms with Gasteiger partial charge in [-0.1, -0.05) is 18.2 Å². The number of nitriles is 1. The normalized spacial score (nSPS) is 16.3. The van der Waals surface area contributed by atoms with E-state index in [2.05, 4.69) is 18.1 Å². The van der Waals surface area contributed by atoms with Gasteiger partial charge in [-0.25, -0.2) is 13.4 Å². The zero-order chi connectivity index (χ0) is 18.6. The molecule has 0 radical (unpaired) electrons. The Morgan fingerprint density at radius 1 is 1.23 bits per heavy atom. The lowest BCUT2D eigenvalue weighted by Crippen LogP contribution is -3.12. The van der Waals surface area contributed by atoms with Crippen molar-refractivity contribution < 1.29 is 13.3 Å². The Kier molecular flexibility index (Phi) is 5.94. The van der Waals surface area contributed by atoms with Crippen molar-refractivity contribution in [2.45, 2.75) is 15.7 Å². The average Bonchev–Trinajstić information content (AvgIpc) is 2.67. The van der Waals surface area contributed by atoms with Crippen LogP contribution in [0, 0.1) is 11.3 Å². The molecule has 2 heterocycles. The number of rotatable bonds is 5. The molecule has 0 saturated carbocycles. The molecule has 0 bridgehead atoms. The van der Waals surface area contributed by atoms with E-state index in [0.717, 1.165) is 23.7 Å². The van der Waals surface area contributed by atoms with Crippen LogP contribution in [-0.4, -0.2) is 50.9 Å². The molecule has 1 aliphatic heterocycles. The Morgan fingerprint density at radius 2 is 1.96 bits per heavy atom. The number of sulfonamides is 1. The number of thioether (sulfide) groups is 1. The first-order valence-corrected chi connectivity index (χ1v) is 10.8. The smallest absolute Gasteiger partial charge is 0.245 e. The number of aromatic nitrogens is 1. The summed E-state index contributed by atoms with van der Waals surface area (Å²) in [6.07, 6.45) is 1.43. The molecule has 6 nitrogen and oxygen atoms in total. The van der Waals surface area contributed by atoms with E-state index >= 15 is 0 Å². The molecular weight excluding hydrogens is 368 g/mol. The number of likely N-dealkylation sites (N-methyl/N-ethyl adjacent to an activating group) is 1. The summed E-state index contributed by atoms with van der Waals surface area (Å²) in [6.45, 7) is 2.71. The van der Waals surface area contributed by atoms with E-state index in [1.807, 2.05) is 18.2 Å². The van der Waals surface area contributed by atoms with Crippen LogP contribution in [0.25, 0.3) is 0 Å². The molecule has 0 amide bonds. The number of nitrogens with zero attached hydrogens (tertiary/aromatic N) is 3. The maximum absolute atomic E-state index is 12.7. The van der Waals surface area contributed by atoms with Gasteiger partial charge in [-0.2, -0.15) is 9.57 Å².